The van der Waals surface area contributed by atoms with Crippen molar-refractivity contribution >= 4 is 35.1 Å². The lowest BCUT2D eigenvalue weighted by Gasteiger charge is -2.36. The number of likely N-dealkylation sites (N-methyl/N-ethyl adjacent to an activating group) is 1. The molecular formula is C16H22Cl2N2O5. The van der Waals surface area contributed by atoms with Crippen LogP contribution in [0.2, 0.25) is 10.0 Å². The predicted octanol–water partition coefficient (Wildman–Crippen LogP) is 2.16. The summed E-state index contributed by atoms with van der Waals surface area (Å²) in [5.41, 5.74) is 0. The Bertz CT molecular complexity index is 580. The van der Waals surface area contributed by atoms with Crippen LogP contribution < -0.4 is 4.74 Å². The Kier molecular flexibility index (Phi) is 8.99. The summed E-state index contributed by atoms with van der Waals surface area (Å²) >= 11 is 12.1. The zero-order chi connectivity index (χ0) is 19.0. The fraction of sp³-hybridized carbons (Fsp3) is 0.500. The van der Waals surface area contributed by atoms with Gasteiger partial charge in [-0.3, -0.25) is 4.90 Å². The van der Waals surface area contributed by atoms with E-state index in [-0.39, 0.29) is 0 Å². The summed E-state index contributed by atoms with van der Waals surface area (Å²) < 4.78 is 5.79. The molecule has 1 saturated heterocycles. The first kappa shape index (κ1) is 21.5. The highest BCUT2D eigenvalue weighted by molar-refractivity contribution is 6.42. The number of hydrogen-bond acceptors (Lipinski definition) is 5. The standard InChI is InChI=1S/C14H20Cl2N2O.C2H2O4/c1-11(18-8-6-17(2)7-9-18)10-19-13-5-3-4-12(15)14(13)16;3-1(4)2(5)6/h3-5,11H,6-10H2,1-2H3;(H,3,4)(H,5,6). The van der Waals surface area contributed by atoms with E-state index in [2.05, 4.69) is 23.8 Å². The topological polar surface area (TPSA) is 90.3 Å². The highest BCUT2D eigenvalue weighted by atomic mass is 35.5. The van der Waals surface area contributed by atoms with E-state index in [0.717, 1.165) is 26.2 Å². The third-order valence-electron chi connectivity index (χ3n) is 3.74. The van der Waals surface area contributed by atoms with Crippen molar-refractivity contribution in [1.29, 1.82) is 0 Å². The van der Waals surface area contributed by atoms with Crippen LogP contribution in [-0.2, 0) is 9.59 Å². The molecule has 1 unspecified atom stereocenters. The Hall–Kier alpha value is -1.54. The van der Waals surface area contributed by atoms with Gasteiger partial charge in [0.15, 0.2) is 0 Å². The van der Waals surface area contributed by atoms with Gasteiger partial charge in [0.25, 0.3) is 0 Å². The van der Waals surface area contributed by atoms with Crippen LogP contribution in [0.3, 0.4) is 0 Å². The number of carboxylic acids is 2. The number of halogens is 2. The molecule has 1 aromatic rings. The van der Waals surface area contributed by atoms with Crippen LogP contribution in [0.5, 0.6) is 5.75 Å². The van der Waals surface area contributed by atoms with E-state index in [1.807, 2.05) is 12.1 Å². The Balaban J connectivity index is 0.000000450. The third-order valence-corrected chi connectivity index (χ3v) is 4.54. The van der Waals surface area contributed by atoms with Crippen molar-refractivity contribution in [2.24, 2.45) is 0 Å². The Morgan fingerprint density at radius 3 is 2.24 bits per heavy atom. The molecule has 1 aromatic carbocycles. The Morgan fingerprint density at radius 2 is 1.72 bits per heavy atom. The molecule has 1 aliphatic heterocycles. The van der Waals surface area contributed by atoms with Gasteiger partial charge in [0.1, 0.15) is 17.4 Å². The first-order valence-corrected chi connectivity index (χ1v) is 8.43. The number of rotatable bonds is 4. The lowest BCUT2D eigenvalue weighted by atomic mass is 10.2. The average molecular weight is 393 g/mol. The zero-order valence-corrected chi connectivity index (χ0v) is 15.6. The minimum absolute atomic E-state index is 0.378. The van der Waals surface area contributed by atoms with Gasteiger partial charge in [-0.05, 0) is 26.1 Å². The van der Waals surface area contributed by atoms with Crippen molar-refractivity contribution in [3.05, 3.63) is 28.2 Å². The minimum atomic E-state index is -1.82. The number of aliphatic carboxylic acids is 2. The molecule has 140 valence electrons. The first-order valence-electron chi connectivity index (χ1n) is 7.68. The molecule has 0 amide bonds. The lowest BCUT2D eigenvalue weighted by molar-refractivity contribution is -0.159. The summed E-state index contributed by atoms with van der Waals surface area (Å²) in [6.07, 6.45) is 0. The SMILES string of the molecule is CC(COc1cccc(Cl)c1Cl)N1CCN(C)CC1.O=C(O)C(=O)O. The predicted molar refractivity (Wildman–Crippen MR) is 95.8 cm³/mol. The van der Waals surface area contributed by atoms with Gasteiger partial charge in [0.05, 0.1) is 5.02 Å². The second-order valence-corrected chi connectivity index (χ2v) is 6.45. The van der Waals surface area contributed by atoms with Crippen molar-refractivity contribution in [1.82, 2.24) is 9.80 Å². The van der Waals surface area contributed by atoms with Crippen LogP contribution in [0.4, 0.5) is 0 Å². The molecule has 7 nitrogen and oxygen atoms in total. The van der Waals surface area contributed by atoms with Crippen LogP contribution in [0.25, 0.3) is 0 Å². The second kappa shape index (κ2) is 10.5. The third kappa shape index (κ3) is 7.48. The van der Waals surface area contributed by atoms with E-state index >= 15 is 0 Å². The molecule has 0 radical (unpaired) electrons. The van der Waals surface area contributed by atoms with Gasteiger partial charge in [0, 0.05) is 32.2 Å². The van der Waals surface area contributed by atoms with E-state index < -0.39 is 11.9 Å². The van der Waals surface area contributed by atoms with E-state index in [0.29, 0.717) is 28.4 Å². The maximum absolute atomic E-state index is 9.10. The van der Waals surface area contributed by atoms with Gasteiger partial charge in [-0.15, -0.1) is 0 Å². The molecule has 2 rings (SSSR count). The number of hydrogen-bond donors (Lipinski definition) is 2. The largest absolute Gasteiger partial charge is 0.490 e. The minimum Gasteiger partial charge on any atom is -0.490 e. The number of piperazine rings is 1. The van der Waals surface area contributed by atoms with Crippen molar-refractivity contribution in [3.63, 3.8) is 0 Å². The van der Waals surface area contributed by atoms with Crippen molar-refractivity contribution < 1.29 is 24.5 Å². The monoisotopic (exact) mass is 392 g/mol. The summed E-state index contributed by atoms with van der Waals surface area (Å²) in [5.74, 6) is -2.99. The normalized spacial score (nSPS) is 16.5. The highest BCUT2D eigenvalue weighted by Gasteiger charge is 2.19. The average Bonchev–Trinajstić information content (AvgIpc) is 2.57. The number of carbonyl (C=O) groups is 2. The smallest absolute Gasteiger partial charge is 0.414 e. The van der Waals surface area contributed by atoms with Gasteiger partial charge in [-0.1, -0.05) is 29.3 Å². The van der Waals surface area contributed by atoms with Crippen LogP contribution in [0.15, 0.2) is 18.2 Å². The molecular weight excluding hydrogens is 371 g/mol. The molecule has 2 N–H and O–H groups in total. The maximum Gasteiger partial charge on any atom is 0.414 e. The van der Waals surface area contributed by atoms with Crippen molar-refractivity contribution in [2.75, 3.05) is 39.8 Å². The fourth-order valence-electron chi connectivity index (χ4n) is 2.17. The summed E-state index contributed by atoms with van der Waals surface area (Å²) in [6, 6.07) is 5.85. The molecule has 25 heavy (non-hydrogen) atoms. The van der Waals surface area contributed by atoms with Crippen LogP contribution >= 0.6 is 23.2 Å². The number of nitrogens with zero attached hydrogens (tertiary/aromatic N) is 2. The number of carboxylic acid groups (broad SMARTS) is 2. The van der Waals surface area contributed by atoms with E-state index in [9.17, 15) is 0 Å². The molecule has 0 bridgehead atoms. The molecule has 1 aliphatic rings. The van der Waals surface area contributed by atoms with Crippen LogP contribution in [0.1, 0.15) is 6.92 Å². The van der Waals surface area contributed by atoms with Gasteiger partial charge >= 0.3 is 11.9 Å². The highest BCUT2D eigenvalue weighted by Crippen LogP contribution is 2.31. The van der Waals surface area contributed by atoms with Crippen molar-refractivity contribution in [3.8, 4) is 5.75 Å². The van der Waals surface area contributed by atoms with E-state index in [1.54, 1.807) is 6.07 Å². The molecule has 1 fully saturated rings. The number of ether oxygens (including phenoxy) is 1. The van der Waals surface area contributed by atoms with Gasteiger partial charge in [-0.25, -0.2) is 9.59 Å². The Morgan fingerprint density at radius 1 is 1.16 bits per heavy atom. The molecule has 0 aliphatic carbocycles. The molecule has 0 saturated carbocycles. The zero-order valence-electron chi connectivity index (χ0n) is 14.1. The van der Waals surface area contributed by atoms with E-state index in [4.69, 9.17) is 47.7 Å². The molecule has 1 heterocycles. The first-order chi connectivity index (χ1) is 11.7. The van der Waals surface area contributed by atoms with Crippen LogP contribution in [0, 0.1) is 0 Å². The molecule has 9 heteroatoms. The molecule has 0 spiro atoms. The fourth-order valence-corrected chi connectivity index (χ4v) is 2.52. The van der Waals surface area contributed by atoms with Crippen molar-refractivity contribution in [2.45, 2.75) is 13.0 Å². The summed E-state index contributed by atoms with van der Waals surface area (Å²) in [6.45, 7) is 7.21. The summed E-state index contributed by atoms with van der Waals surface area (Å²) in [7, 11) is 2.16. The van der Waals surface area contributed by atoms with E-state index in [1.165, 1.54) is 0 Å². The molecule has 0 aromatic heterocycles. The lowest BCUT2D eigenvalue weighted by Crippen LogP contribution is -2.49. The summed E-state index contributed by atoms with van der Waals surface area (Å²) in [4.78, 5) is 23.0. The maximum atomic E-state index is 9.10. The van der Waals surface area contributed by atoms with Crippen LogP contribution in [-0.4, -0.2) is 77.8 Å². The quantitative estimate of drug-likeness (QED) is 0.758. The molecule has 1 atom stereocenters. The van der Waals surface area contributed by atoms with Gasteiger partial charge in [-0.2, -0.15) is 0 Å². The van der Waals surface area contributed by atoms with Gasteiger partial charge in [0.2, 0.25) is 0 Å². The number of benzene rings is 1. The summed E-state index contributed by atoms with van der Waals surface area (Å²) in [5, 5.41) is 15.8. The second-order valence-electron chi connectivity index (χ2n) is 5.66. The Labute approximate surface area is 156 Å². The van der Waals surface area contributed by atoms with Gasteiger partial charge < -0.3 is 19.8 Å².